The number of carbonyl (C=O) groups is 1. The number of carbonyl (C=O) groups excluding carboxylic acids is 1. The molecule has 1 aliphatic rings. The molecule has 2 heteroatoms. The van der Waals surface area contributed by atoms with Crippen LogP contribution in [0.1, 0.15) is 53.9 Å². The quantitative estimate of drug-likeness (QED) is 0.732. The lowest BCUT2D eigenvalue weighted by Gasteiger charge is -2.29. The molecule has 1 aliphatic carbocycles. The summed E-state index contributed by atoms with van der Waals surface area (Å²) in [6, 6.07) is 0.847. The van der Waals surface area contributed by atoms with E-state index < -0.39 is 0 Å². The summed E-state index contributed by atoms with van der Waals surface area (Å²) in [5.74, 6) is 0.637. The minimum atomic E-state index is -0.0206. The molecule has 0 saturated heterocycles. The number of rotatable bonds is 6. The zero-order chi connectivity index (χ0) is 11.6. The number of hydrogen-bond donors (Lipinski definition) is 1. The van der Waals surface area contributed by atoms with Crippen LogP contribution in [0.4, 0.5) is 0 Å². The van der Waals surface area contributed by atoms with Gasteiger partial charge >= 0.3 is 0 Å². The molecule has 1 atom stereocenters. The Morgan fingerprint density at radius 1 is 1.27 bits per heavy atom. The zero-order valence-corrected chi connectivity index (χ0v) is 10.8. The Bertz CT molecular complexity index is 229. The molecule has 0 bridgehead atoms. The molecule has 0 aromatic rings. The Labute approximate surface area is 93.8 Å². The minimum absolute atomic E-state index is 0.0206. The third kappa shape index (κ3) is 2.60. The summed E-state index contributed by atoms with van der Waals surface area (Å²) in [5.41, 5.74) is -0.0206. The average Bonchev–Trinajstić information content (AvgIpc) is 2.93. The molecule has 2 nitrogen and oxygen atoms in total. The topological polar surface area (TPSA) is 29.1 Å². The van der Waals surface area contributed by atoms with Gasteiger partial charge in [0.2, 0.25) is 0 Å². The number of hydrogen-bond acceptors (Lipinski definition) is 2. The van der Waals surface area contributed by atoms with E-state index in [1.54, 1.807) is 0 Å². The summed E-state index contributed by atoms with van der Waals surface area (Å²) in [4.78, 5) is 12.2. The fourth-order valence-electron chi connectivity index (χ4n) is 2.55. The molecule has 0 amide bonds. The largest absolute Gasteiger partial charge is 0.311 e. The van der Waals surface area contributed by atoms with Crippen LogP contribution < -0.4 is 5.32 Å². The first-order valence-corrected chi connectivity index (χ1v) is 6.24. The van der Waals surface area contributed by atoms with E-state index in [0.29, 0.717) is 17.9 Å². The maximum atomic E-state index is 12.2. The van der Waals surface area contributed by atoms with E-state index in [0.717, 1.165) is 19.3 Å². The van der Waals surface area contributed by atoms with Crippen molar-refractivity contribution in [2.24, 2.45) is 11.3 Å². The van der Waals surface area contributed by atoms with Crippen LogP contribution in [0.25, 0.3) is 0 Å². The van der Waals surface area contributed by atoms with Crippen molar-refractivity contribution in [2.45, 2.75) is 66.0 Å². The summed E-state index contributed by atoms with van der Waals surface area (Å²) < 4.78 is 0. The van der Waals surface area contributed by atoms with E-state index in [2.05, 4.69) is 26.1 Å². The van der Waals surface area contributed by atoms with Gasteiger partial charge in [0.15, 0.2) is 0 Å². The highest BCUT2D eigenvalue weighted by atomic mass is 16.1. The van der Waals surface area contributed by atoms with Crippen LogP contribution >= 0.6 is 0 Å². The normalized spacial score (nSPS) is 20.7. The molecule has 88 valence electrons. The van der Waals surface area contributed by atoms with E-state index in [9.17, 15) is 4.79 Å². The Kier molecular flexibility index (Phi) is 3.93. The Morgan fingerprint density at radius 3 is 2.07 bits per heavy atom. The van der Waals surface area contributed by atoms with Gasteiger partial charge in [-0.15, -0.1) is 0 Å². The molecule has 0 spiro atoms. The van der Waals surface area contributed by atoms with Gasteiger partial charge in [-0.1, -0.05) is 34.6 Å². The van der Waals surface area contributed by atoms with E-state index in [-0.39, 0.29) is 11.3 Å². The summed E-state index contributed by atoms with van der Waals surface area (Å²) in [5, 5.41) is 3.55. The molecule has 1 rings (SSSR count). The Hall–Kier alpha value is -0.370. The van der Waals surface area contributed by atoms with Gasteiger partial charge in [0.05, 0.1) is 0 Å². The van der Waals surface area contributed by atoms with Gasteiger partial charge in [-0.2, -0.15) is 0 Å². The Morgan fingerprint density at radius 2 is 1.80 bits per heavy atom. The third-order valence-electron chi connectivity index (χ3n) is 3.41. The van der Waals surface area contributed by atoms with Crippen LogP contribution in [-0.4, -0.2) is 17.9 Å². The lowest BCUT2D eigenvalue weighted by atomic mass is 9.84. The van der Waals surface area contributed by atoms with Crippen molar-refractivity contribution in [1.29, 1.82) is 0 Å². The van der Waals surface area contributed by atoms with Crippen LogP contribution in [0.2, 0.25) is 0 Å². The lowest BCUT2D eigenvalue weighted by molar-refractivity contribution is -0.128. The van der Waals surface area contributed by atoms with Crippen LogP contribution in [0, 0.1) is 11.3 Å². The first kappa shape index (κ1) is 12.7. The highest BCUT2D eigenvalue weighted by Gasteiger charge is 2.54. The van der Waals surface area contributed by atoms with Crippen LogP contribution in [0.5, 0.6) is 0 Å². The molecule has 0 heterocycles. The standard InChI is InChI=1S/C13H25NO/c1-6-11(14-10(4)5)13(7-8-13)12(15)9(2)3/h9-11,14H,6-8H2,1-5H3. The molecule has 1 unspecified atom stereocenters. The smallest absolute Gasteiger partial charge is 0.143 e. The van der Waals surface area contributed by atoms with Crippen molar-refractivity contribution < 1.29 is 4.79 Å². The lowest BCUT2D eigenvalue weighted by Crippen LogP contribution is -2.45. The van der Waals surface area contributed by atoms with Crippen molar-refractivity contribution in [3.05, 3.63) is 0 Å². The zero-order valence-electron chi connectivity index (χ0n) is 10.8. The molecule has 0 aliphatic heterocycles. The van der Waals surface area contributed by atoms with Crippen LogP contribution in [0.15, 0.2) is 0 Å². The van der Waals surface area contributed by atoms with Gasteiger partial charge in [-0.05, 0) is 19.3 Å². The summed E-state index contributed by atoms with van der Waals surface area (Å²) >= 11 is 0. The van der Waals surface area contributed by atoms with Gasteiger partial charge in [0.25, 0.3) is 0 Å². The second-order valence-electron chi connectivity index (χ2n) is 5.46. The van der Waals surface area contributed by atoms with Crippen molar-refractivity contribution >= 4 is 5.78 Å². The molecule has 1 fully saturated rings. The van der Waals surface area contributed by atoms with E-state index in [1.807, 2.05) is 13.8 Å². The first-order valence-electron chi connectivity index (χ1n) is 6.24. The molecule has 0 aromatic carbocycles. The number of nitrogens with one attached hydrogen (secondary N) is 1. The molecule has 1 N–H and O–H groups in total. The van der Waals surface area contributed by atoms with Crippen molar-refractivity contribution in [1.82, 2.24) is 5.32 Å². The van der Waals surface area contributed by atoms with Crippen LogP contribution in [0.3, 0.4) is 0 Å². The summed E-state index contributed by atoms with van der Waals surface area (Å²) in [6.45, 7) is 10.5. The molecule has 0 radical (unpaired) electrons. The SMILES string of the molecule is CCC(NC(C)C)C1(C(=O)C(C)C)CC1. The fourth-order valence-corrected chi connectivity index (χ4v) is 2.55. The van der Waals surface area contributed by atoms with E-state index in [1.165, 1.54) is 0 Å². The molecule has 1 saturated carbocycles. The molecule has 0 aromatic heterocycles. The highest BCUT2D eigenvalue weighted by molar-refractivity contribution is 5.89. The minimum Gasteiger partial charge on any atom is -0.311 e. The third-order valence-corrected chi connectivity index (χ3v) is 3.41. The predicted molar refractivity (Wildman–Crippen MR) is 63.9 cm³/mol. The molecular weight excluding hydrogens is 186 g/mol. The number of ketones is 1. The summed E-state index contributed by atoms with van der Waals surface area (Å²) in [6.07, 6.45) is 3.22. The maximum absolute atomic E-state index is 12.2. The van der Waals surface area contributed by atoms with E-state index in [4.69, 9.17) is 0 Å². The molecular formula is C13H25NO. The second kappa shape index (κ2) is 4.65. The van der Waals surface area contributed by atoms with Gasteiger partial charge in [-0.3, -0.25) is 4.79 Å². The fraction of sp³-hybridized carbons (Fsp3) is 0.923. The van der Waals surface area contributed by atoms with Gasteiger partial charge in [-0.25, -0.2) is 0 Å². The average molecular weight is 211 g/mol. The van der Waals surface area contributed by atoms with Gasteiger partial charge in [0, 0.05) is 23.4 Å². The van der Waals surface area contributed by atoms with Crippen molar-refractivity contribution in [3.8, 4) is 0 Å². The van der Waals surface area contributed by atoms with Crippen molar-refractivity contribution in [3.63, 3.8) is 0 Å². The number of Topliss-reactive ketones (excluding diaryl/α,β-unsaturated/α-hetero) is 1. The van der Waals surface area contributed by atoms with Crippen LogP contribution in [-0.2, 0) is 4.79 Å². The van der Waals surface area contributed by atoms with E-state index >= 15 is 0 Å². The second-order valence-corrected chi connectivity index (χ2v) is 5.46. The Balaban J connectivity index is 2.70. The predicted octanol–water partition coefficient (Wildman–Crippen LogP) is 2.77. The first-order chi connectivity index (χ1) is 6.94. The summed E-state index contributed by atoms with van der Waals surface area (Å²) in [7, 11) is 0. The van der Waals surface area contributed by atoms with Crippen molar-refractivity contribution in [2.75, 3.05) is 0 Å². The van der Waals surface area contributed by atoms with Gasteiger partial charge < -0.3 is 5.32 Å². The highest BCUT2D eigenvalue weighted by Crippen LogP contribution is 2.52. The molecule has 15 heavy (non-hydrogen) atoms. The van der Waals surface area contributed by atoms with Gasteiger partial charge in [0.1, 0.15) is 5.78 Å². The monoisotopic (exact) mass is 211 g/mol. The maximum Gasteiger partial charge on any atom is 0.143 e.